The van der Waals surface area contributed by atoms with Crippen molar-refractivity contribution in [2.24, 2.45) is 0 Å². The average molecular weight is 476 g/mol. The molecule has 0 saturated carbocycles. The van der Waals surface area contributed by atoms with Crippen LogP contribution in [-0.2, 0) is 23.4 Å². The van der Waals surface area contributed by atoms with Crippen molar-refractivity contribution in [1.29, 1.82) is 0 Å². The lowest BCUT2D eigenvalue weighted by Crippen LogP contribution is -2.55. The SMILES string of the molecule is O=S(=O)(C(F)(F)F)C([SiH3])(c1c(F)c(F)c(F)c(F)c1F)S(=O)(=O)C(F)(F)F. The van der Waals surface area contributed by atoms with Gasteiger partial charge in [-0.3, -0.25) is 0 Å². The van der Waals surface area contributed by atoms with Crippen molar-refractivity contribution in [3.05, 3.63) is 34.6 Å². The first-order chi connectivity index (χ1) is 11.7. The van der Waals surface area contributed by atoms with Crippen LogP contribution in [0, 0.1) is 29.1 Å². The Morgan fingerprint density at radius 3 is 1.00 bits per heavy atom. The van der Waals surface area contributed by atoms with Gasteiger partial charge in [0.25, 0.3) is 19.7 Å². The molecule has 0 radical (unpaired) electrons. The average Bonchev–Trinajstić information content (AvgIpc) is 2.48. The van der Waals surface area contributed by atoms with E-state index in [9.17, 15) is 65.1 Å². The van der Waals surface area contributed by atoms with E-state index < -0.39 is 79.3 Å². The molecule has 0 aliphatic heterocycles. The maximum Gasteiger partial charge on any atom is 0.498 e. The highest BCUT2D eigenvalue weighted by atomic mass is 32.3. The van der Waals surface area contributed by atoms with Gasteiger partial charge in [-0.2, -0.15) is 26.3 Å². The van der Waals surface area contributed by atoms with E-state index in [1.165, 1.54) is 0 Å². The molecule has 18 heteroatoms. The second-order valence-corrected chi connectivity index (χ2v) is 12.6. The van der Waals surface area contributed by atoms with Crippen molar-refractivity contribution >= 4 is 29.9 Å². The molecule has 0 spiro atoms. The number of hydrogen-bond acceptors (Lipinski definition) is 4. The highest BCUT2D eigenvalue weighted by molar-refractivity contribution is 8.12. The van der Waals surface area contributed by atoms with Crippen LogP contribution in [0.4, 0.5) is 48.3 Å². The van der Waals surface area contributed by atoms with E-state index in [0.29, 0.717) is 0 Å². The highest BCUT2D eigenvalue weighted by Crippen LogP contribution is 2.49. The molecule has 156 valence electrons. The molecule has 1 aromatic carbocycles. The molecule has 1 rings (SSSR count). The third kappa shape index (κ3) is 3.00. The lowest BCUT2D eigenvalue weighted by Gasteiger charge is -2.31. The fourth-order valence-electron chi connectivity index (χ4n) is 1.86. The molecule has 0 unspecified atom stereocenters. The molecule has 0 amide bonds. The Bertz CT molecular complexity index is 921. The monoisotopic (exact) mass is 476 g/mol. The minimum absolute atomic E-state index is 2.43. The van der Waals surface area contributed by atoms with Crippen molar-refractivity contribution in [2.45, 2.75) is 14.7 Å². The Kier molecular flexibility index (Phi) is 5.50. The molecule has 0 aliphatic rings. The number of sulfone groups is 2. The van der Waals surface area contributed by atoms with Gasteiger partial charge in [0.2, 0.25) is 5.82 Å². The zero-order valence-electron chi connectivity index (χ0n) is 12.1. The van der Waals surface area contributed by atoms with Crippen LogP contribution in [0.5, 0.6) is 0 Å². The Labute approximate surface area is 145 Å². The van der Waals surface area contributed by atoms with Crippen molar-refractivity contribution in [2.75, 3.05) is 0 Å². The van der Waals surface area contributed by atoms with E-state index in [1.54, 1.807) is 0 Å². The summed E-state index contributed by atoms with van der Waals surface area (Å²) in [5, 5.41) is 0. The molecule has 0 saturated heterocycles. The molecule has 0 fully saturated rings. The van der Waals surface area contributed by atoms with Crippen molar-refractivity contribution in [1.82, 2.24) is 0 Å². The van der Waals surface area contributed by atoms with Crippen LogP contribution in [0.2, 0.25) is 0 Å². The zero-order chi connectivity index (χ0) is 22.0. The van der Waals surface area contributed by atoms with Crippen LogP contribution in [0.15, 0.2) is 0 Å². The van der Waals surface area contributed by atoms with E-state index in [2.05, 4.69) is 0 Å². The number of alkyl halides is 6. The summed E-state index contributed by atoms with van der Waals surface area (Å²) < 4.78 is 184. The van der Waals surface area contributed by atoms with Gasteiger partial charge in [0, 0.05) is 0 Å². The fraction of sp³-hybridized carbons (Fsp3) is 0.333. The van der Waals surface area contributed by atoms with Crippen LogP contribution in [0.1, 0.15) is 5.56 Å². The smallest absolute Gasteiger partial charge is 0.218 e. The minimum Gasteiger partial charge on any atom is -0.218 e. The molecule has 0 aromatic heterocycles. The fourth-order valence-corrected chi connectivity index (χ4v) is 7.19. The first-order valence-corrected chi connectivity index (χ1v) is 9.78. The third-order valence-electron chi connectivity index (χ3n) is 3.30. The normalized spacial score (nSPS) is 14.6. The standard InChI is InChI=1S/C9H3F11O4S2Si/c10-2-1(3(11)5(13)6(14)4(2)12)7(27,25(21,22)8(15,16)17)26(23,24)9(18,19)20/h27H3. The van der Waals surface area contributed by atoms with E-state index in [-0.39, 0.29) is 0 Å². The predicted octanol–water partition coefficient (Wildman–Crippen LogP) is 1.73. The van der Waals surface area contributed by atoms with E-state index in [1.807, 2.05) is 0 Å². The van der Waals surface area contributed by atoms with Crippen molar-refractivity contribution in [3.8, 4) is 0 Å². The Hall–Kier alpha value is -1.43. The van der Waals surface area contributed by atoms with Crippen molar-refractivity contribution < 1.29 is 65.1 Å². The quantitative estimate of drug-likeness (QED) is 0.289. The van der Waals surface area contributed by atoms with E-state index in [0.717, 1.165) is 0 Å². The number of rotatable bonds is 3. The van der Waals surface area contributed by atoms with Crippen molar-refractivity contribution in [3.63, 3.8) is 0 Å². The second kappa shape index (κ2) is 6.29. The Balaban J connectivity index is 4.40. The summed E-state index contributed by atoms with van der Waals surface area (Å²) in [6.07, 6.45) is 0. The van der Waals surface area contributed by atoms with Gasteiger partial charge >= 0.3 is 11.0 Å². The molecular formula is C9H3F11O4S2Si. The molecule has 0 N–H and O–H groups in total. The Morgan fingerprint density at radius 1 is 0.556 bits per heavy atom. The number of halogens is 11. The first-order valence-electron chi connectivity index (χ1n) is 5.81. The van der Waals surface area contributed by atoms with Gasteiger partial charge in [-0.05, 0) is 0 Å². The van der Waals surface area contributed by atoms with Crippen LogP contribution in [0.25, 0.3) is 0 Å². The maximum absolute atomic E-state index is 13.8. The first kappa shape index (κ1) is 23.6. The van der Waals surface area contributed by atoms with Gasteiger partial charge in [-0.1, -0.05) is 0 Å². The van der Waals surface area contributed by atoms with E-state index in [4.69, 9.17) is 0 Å². The summed E-state index contributed by atoms with van der Waals surface area (Å²) in [5.41, 5.74) is -17.0. The summed E-state index contributed by atoms with van der Waals surface area (Å²) >= 11 is 0. The summed E-state index contributed by atoms with van der Waals surface area (Å²) in [6, 6.07) is 0. The van der Waals surface area contributed by atoms with Crippen LogP contribution in [-0.4, -0.2) is 38.1 Å². The zero-order valence-corrected chi connectivity index (χ0v) is 15.7. The summed E-state index contributed by atoms with van der Waals surface area (Å²) in [7, 11) is -17.8. The number of benzene rings is 1. The Morgan fingerprint density at radius 2 is 0.778 bits per heavy atom. The molecule has 0 aliphatic carbocycles. The molecular weight excluding hydrogens is 473 g/mol. The summed E-state index contributed by atoms with van der Waals surface area (Å²) in [4.78, 5) is 0. The van der Waals surface area contributed by atoms with Gasteiger partial charge in [0.1, 0.15) is 0 Å². The van der Waals surface area contributed by atoms with Gasteiger partial charge in [-0.15, -0.1) is 0 Å². The summed E-state index contributed by atoms with van der Waals surface area (Å²) in [6.45, 7) is 0. The lowest BCUT2D eigenvalue weighted by atomic mass is 10.2. The lowest BCUT2D eigenvalue weighted by molar-refractivity contribution is -0.0480. The van der Waals surface area contributed by atoms with Gasteiger partial charge in [-0.25, -0.2) is 38.8 Å². The van der Waals surface area contributed by atoms with Gasteiger partial charge in [0.15, 0.2) is 27.0 Å². The molecule has 0 atom stereocenters. The van der Waals surface area contributed by atoms with Crippen LogP contribution < -0.4 is 0 Å². The second-order valence-electron chi connectivity index (χ2n) is 4.79. The third-order valence-corrected chi connectivity index (χ3v) is 12.0. The van der Waals surface area contributed by atoms with Crippen LogP contribution >= 0.6 is 0 Å². The minimum atomic E-state index is -7.71. The maximum atomic E-state index is 13.8. The molecule has 0 heterocycles. The highest BCUT2D eigenvalue weighted by Gasteiger charge is 2.72. The summed E-state index contributed by atoms with van der Waals surface area (Å²) in [5.74, 6) is -16.3. The molecule has 27 heavy (non-hydrogen) atoms. The van der Waals surface area contributed by atoms with Gasteiger partial charge in [0.05, 0.1) is 15.8 Å². The van der Waals surface area contributed by atoms with Crippen LogP contribution in [0.3, 0.4) is 0 Å². The predicted molar refractivity (Wildman–Crippen MR) is 67.8 cm³/mol. The molecule has 4 nitrogen and oxygen atoms in total. The van der Waals surface area contributed by atoms with Gasteiger partial charge < -0.3 is 0 Å². The molecule has 0 bridgehead atoms. The largest absolute Gasteiger partial charge is 0.498 e. The topological polar surface area (TPSA) is 68.3 Å². The molecule has 1 aromatic rings. The number of hydrogen-bond donors (Lipinski definition) is 0. The van der Waals surface area contributed by atoms with E-state index >= 15 is 0 Å².